The smallest absolute Gasteiger partial charge is 0.191 e. The molecule has 0 amide bonds. The molecule has 0 aromatic heterocycles. The van der Waals surface area contributed by atoms with Crippen LogP contribution in [-0.2, 0) is 9.47 Å². The van der Waals surface area contributed by atoms with Crippen LogP contribution in [0.5, 0.6) is 0 Å². The molecule has 0 aliphatic carbocycles. The van der Waals surface area contributed by atoms with E-state index >= 15 is 0 Å². The maximum atomic E-state index is 8.53. The minimum Gasteiger partial charge on any atom is -0.400 e. The fourth-order valence-corrected chi connectivity index (χ4v) is 1.04. The van der Waals surface area contributed by atoms with E-state index in [9.17, 15) is 0 Å². The van der Waals surface area contributed by atoms with Gasteiger partial charge in [0.15, 0.2) is 8.38 Å². The first kappa shape index (κ1) is 18.1. The number of aliphatic hydroxyl groups excluding tert-OH is 1. The normalized spacial score (nSPS) is 14.4. The van der Waals surface area contributed by atoms with E-state index in [0.29, 0.717) is 0 Å². The first-order chi connectivity index (χ1) is 7.61. The molecule has 0 aromatic rings. The molecule has 16 heavy (non-hydrogen) atoms. The largest absolute Gasteiger partial charge is 0.400 e. The Morgan fingerprint density at radius 1 is 1.44 bits per heavy atom. The third kappa shape index (κ3) is 10.3. The summed E-state index contributed by atoms with van der Waals surface area (Å²) in [6, 6.07) is -0.606. The Kier molecular flexibility index (Phi) is 14.6. The Morgan fingerprint density at radius 2 is 2.00 bits per heavy atom. The predicted molar refractivity (Wildman–Crippen MR) is 65.1 cm³/mol. The summed E-state index contributed by atoms with van der Waals surface area (Å²) in [5.74, 6) is 1.25. The molecular weight excluding hydrogens is 230 g/mol. The minimum atomic E-state index is -2.01. The molecule has 0 aliphatic rings. The molecule has 0 spiro atoms. The van der Waals surface area contributed by atoms with Crippen molar-refractivity contribution >= 4 is 16.2 Å². The zero-order valence-corrected chi connectivity index (χ0v) is 10.4. The zero-order chi connectivity index (χ0) is 13.0. The Bertz CT molecular complexity index is 189. The second-order valence-corrected chi connectivity index (χ2v) is 3.38. The van der Waals surface area contributed by atoms with Gasteiger partial charge in [0.25, 0.3) is 0 Å². The van der Waals surface area contributed by atoms with Crippen LogP contribution in [0.2, 0.25) is 0 Å². The van der Waals surface area contributed by atoms with Gasteiger partial charge in [-0.25, -0.2) is 0 Å². The third-order valence-corrected chi connectivity index (χ3v) is 1.93. The van der Waals surface area contributed by atoms with E-state index in [1.54, 1.807) is 6.08 Å². The average Bonchev–Trinajstić information content (AvgIpc) is 2.28. The van der Waals surface area contributed by atoms with Crippen molar-refractivity contribution in [2.24, 2.45) is 0 Å². The van der Waals surface area contributed by atoms with Crippen molar-refractivity contribution < 1.29 is 24.4 Å². The van der Waals surface area contributed by atoms with Crippen molar-refractivity contribution in [3.63, 3.8) is 0 Å². The molecule has 5 nitrogen and oxygen atoms in total. The summed E-state index contributed by atoms with van der Waals surface area (Å²) in [6.07, 6.45) is 2.66. The highest BCUT2D eigenvalue weighted by molar-refractivity contribution is 7.48. The van der Waals surface area contributed by atoms with Gasteiger partial charge >= 0.3 is 0 Å². The van der Waals surface area contributed by atoms with Gasteiger partial charge in [-0.15, -0.1) is 6.58 Å². The monoisotopic (exact) mass is 248 g/mol. The molecule has 0 aliphatic heterocycles. The quantitative estimate of drug-likeness (QED) is 0.338. The Labute approximate surface area is 98.7 Å². The van der Waals surface area contributed by atoms with E-state index in [0.717, 1.165) is 7.11 Å². The molecule has 0 fully saturated rings. The Morgan fingerprint density at radius 3 is 2.38 bits per heavy atom. The lowest BCUT2D eigenvalue weighted by molar-refractivity contribution is 0.0193. The molecular formula is C9H18BO5P. The molecule has 3 N–H and O–H groups in total. The van der Waals surface area contributed by atoms with Crippen LogP contribution in [0.3, 0.4) is 0 Å². The van der Waals surface area contributed by atoms with Crippen molar-refractivity contribution in [3.05, 3.63) is 24.5 Å². The lowest BCUT2D eigenvalue weighted by Gasteiger charge is -2.19. The Balaban J connectivity index is 0. The van der Waals surface area contributed by atoms with E-state index in [1.165, 1.54) is 19.0 Å². The van der Waals surface area contributed by atoms with Gasteiger partial charge in [-0.05, 0) is 5.82 Å². The standard InChI is InChI=1S/C8H14BO4P.CH4O/c1-3-7(12-2)8(9)13-5-4-6-14(10)11;1-2/h3-4,6-8,10-11H,1,5H2,2H3;2H,1H3/b6-4+;/t7-,8?;/m1./s1. The van der Waals surface area contributed by atoms with Gasteiger partial charge in [0.2, 0.25) is 0 Å². The van der Waals surface area contributed by atoms with Gasteiger partial charge in [0.1, 0.15) is 7.85 Å². The van der Waals surface area contributed by atoms with Gasteiger partial charge in [0, 0.05) is 20.2 Å². The van der Waals surface area contributed by atoms with Crippen molar-refractivity contribution in [2.45, 2.75) is 12.1 Å². The number of hydrogen-bond donors (Lipinski definition) is 3. The van der Waals surface area contributed by atoms with Gasteiger partial charge in [-0.2, -0.15) is 0 Å². The van der Waals surface area contributed by atoms with Crippen molar-refractivity contribution in [3.8, 4) is 0 Å². The fraction of sp³-hybridized carbons (Fsp3) is 0.556. The lowest BCUT2D eigenvalue weighted by Crippen LogP contribution is -2.29. The molecule has 2 radical (unpaired) electrons. The van der Waals surface area contributed by atoms with Crippen LogP contribution in [0.4, 0.5) is 0 Å². The van der Waals surface area contributed by atoms with E-state index in [2.05, 4.69) is 6.58 Å². The van der Waals surface area contributed by atoms with Crippen LogP contribution in [0.15, 0.2) is 24.5 Å². The highest BCUT2D eigenvalue weighted by atomic mass is 31.2. The molecule has 1 unspecified atom stereocenters. The second kappa shape index (κ2) is 12.8. The number of aliphatic hydroxyl groups is 1. The van der Waals surface area contributed by atoms with Gasteiger partial charge < -0.3 is 24.4 Å². The van der Waals surface area contributed by atoms with Gasteiger partial charge in [-0.3, -0.25) is 0 Å². The maximum Gasteiger partial charge on any atom is 0.191 e. The molecule has 92 valence electrons. The summed E-state index contributed by atoms with van der Waals surface area (Å²) in [7, 11) is 6.08. The molecule has 0 saturated heterocycles. The third-order valence-electron chi connectivity index (χ3n) is 1.45. The maximum absolute atomic E-state index is 8.53. The zero-order valence-electron chi connectivity index (χ0n) is 9.48. The SMILES string of the molecule is CO.[B]C(OC/C=C/P(O)O)[C@@H](C=C)OC. The van der Waals surface area contributed by atoms with E-state index in [1.807, 2.05) is 0 Å². The summed E-state index contributed by atoms with van der Waals surface area (Å²) < 4.78 is 10.1. The second-order valence-electron chi connectivity index (χ2n) is 2.44. The van der Waals surface area contributed by atoms with Gasteiger partial charge in [-0.1, -0.05) is 12.2 Å². The van der Waals surface area contributed by atoms with Gasteiger partial charge in [0.05, 0.1) is 12.7 Å². The molecule has 0 rings (SSSR count). The van der Waals surface area contributed by atoms with Crippen molar-refractivity contribution in [1.29, 1.82) is 0 Å². The summed E-state index contributed by atoms with van der Waals surface area (Å²) in [5.41, 5.74) is 0. The number of hydrogen-bond acceptors (Lipinski definition) is 5. The van der Waals surface area contributed by atoms with E-state index < -0.39 is 14.4 Å². The topological polar surface area (TPSA) is 79.2 Å². The molecule has 0 aromatic carbocycles. The van der Waals surface area contributed by atoms with Crippen LogP contribution in [-0.4, -0.2) is 55.7 Å². The fourth-order valence-electron chi connectivity index (χ4n) is 0.763. The minimum absolute atomic E-state index is 0.203. The van der Waals surface area contributed by atoms with E-state index in [4.69, 9.17) is 32.2 Å². The summed E-state index contributed by atoms with van der Waals surface area (Å²) in [5, 5.41) is 7.00. The molecule has 0 heterocycles. The van der Waals surface area contributed by atoms with Crippen molar-refractivity contribution in [1.82, 2.24) is 0 Å². The Hall–Kier alpha value is -0.225. The summed E-state index contributed by atoms with van der Waals surface area (Å²) in [4.78, 5) is 17.1. The van der Waals surface area contributed by atoms with Crippen LogP contribution in [0, 0.1) is 0 Å². The molecule has 2 atom stereocenters. The summed E-state index contributed by atoms with van der Waals surface area (Å²) >= 11 is 0. The molecule has 7 heteroatoms. The van der Waals surface area contributed by atoms with Crippen LogP contribution >= 0.6 is 8.38 Å². The highest BCUT2D eigenvalue weighted by Crippen LogP contribution is 2.23. The lowest BCUT2D eigenvalue weighted by atomic mass is 9.94. The van der Waals surface area contributed by atoms with E-state index in [-0.39, 0.29) is 12.7 Å². The molecule has 0 bridgehead atoms. The van der Waals surface area contributed by atoms with Crippen LogP contribution in [0.1, 0.15) is 0 Å². The van der Waals surface area contributed by atoms with Crippen LogP contribution < -0.4 is 0 Å². The first-order valence-electron chi connectivity index (χ1n) is 4.42. The summed E-state index contributed by atoms with van der Waals surface area (Å²) in [6.45, 7) is 3.73. The highest BCUT2D eigenvalue weighted by Gasteiger charge is 2.11. The molecule has 0 saturated carbocycles. The average molecular weight is 248 g/mol. The predicted octanol–water partition coefficient (Wildman–Crippen LogP) is 0.117. The van der Waals surface area contributed by atoms with Crippen LogP contribution in [0.25, 0.3) is 0 Å². The number of ether oxygens (including phenoxy) is 2. The number of rotatable bonds is 7. The number of methoxy groups -OCH3 is 1. The first-order valence-corrected chi connectivity index (χ1v) is 5.74. The van der Waals surface area contributed by atoms with Crippen molar-refractivity contribution in [2.75, 3.05) is 20.8 Å².